The third-order valence-electron chi connectivity index (χ3n) is 3.03. The van der Waals surface area contributed by atoms with Crippen LogP contribution in [0.25, 0.3) is 0 Å². The van der Waals surface area contributed by atoms with Gasteiger partial charge in [0.1, 0.15) is 0 Å². The fraction of sp³-hybridized carbons (Fsp3) is 0.118. The lowest BCUT2D eigenvalue weighted by molar-refractivity contribution is -0.124. The quantitative estimate of drug-likeness (QED) is 0.561. The summed E-state index contributed by atoms with van der Waals surface area (Å²) in [4.78, 5) is 23.5. The van der Waals surface area contributed by atoms with Crippen molar-refractivity contribution in [1.82, 2.24) is 5.43 Å². The van der Waals surface area contributed by atoms with Gasteiger partial charge in [-0.05, 0) is 34.1 Å². The van der Waals surface area contributed by atoms with E-state index in [0.717, 1.165) is 4.47 Å². The van der Waals surface area contributed by atoms with Crippen molar-refractivity contribution in [3.8, 4) is 0 Å². The lowest BCUT2D eigenvalue weighted by Crippen LogP contribution is -2.20. The van der Waals surface area contributed by atoms with E-state index in [4.69, 9.17) is 11.6 Å². The van der Waals surface area contributed by atoms with Gasteiger partial charge in [0.05, 0.1) is 11.9 Å². The van der Waals surface area contributed by atoms with Crippen molar-refractivity contribution in [2.24, 2.45) is 5.10 Å². The SMILES string of the molecule is O=C(CCC(=O)Nc1ccccc1Br)N/N=C\c1ccccc1Cl. The summed E-state index contributed by atoms with van der Waals surface area (Å²) in [5.74, 6) is -0.590. The number of para-hydroxylation sites is 1. The standard InChI is InChI=1S/C17H15BrClN3O2/c18-13-6-2-4-8-15(13)21-16(23)9-10-17(24)22-20-11-12-5-1-3-7-14(12)19/h1-8,11H,9-10H2,(H,21,23)(H,22,24)/b20-11-. The number of anilines is 1. The van der Waals surface area contributed by atoms with E-state index in [-0.39, 0.29) is 24.7 Å². The molecule has 0 heterocycles. The molecular weight excluding hydrogens is 394 g/mol. The van der Waals surface area contributed by atoms with Gasteiger partial charge in [0.2, 0.25) is 11.8 Å². The smallest absolute Gasteiger partial charge is 0.240 e. The van der Waals surface area contributed by atoms with Gasteiger partial charge in [0, 0.05) is 27.9 Å². The Kier molecular flexibility index (Phi) is 6.96. The number of rotatable bonds is 6. The van der Waals surface area contributed by atoms with Crippen molar-refractivity contribution in [1.29, 1.82) is 0 Å². The van der Waals surface area contributed by atoms with Crippen molar-refractivity contribution in [2.45, 2.75) is 12.8 Å². The van der Waals surface area contributed by atoms with Gasteiger partial charge in [-0.25, -0.2) is 5.43 Å². The number of carbonyl (C=O) groups is 2. The first-order valence-corrected chi connectivity index (χ1v) is 8.34. The van der Waals surface area contributed by atoms with Gasteiger partial charge in [-0.1, -0.05) is 41.9 Å². The van der Waals surface area contributed by atoms with Crippen LogP contribution >= 0.6 is 27.5 Å². The van der Waals surface area contributed by atoms with Crippen LogP contribution in [-0.4, -0.2) is 18.0 Å². The van der Waals surface area contributed by atoms with Gasteiger partial charge in [-0.15, -0.1) is 0 Å². The van der Waals surface area contributed by atoms with E-state index in [1.54, 1.807) is 18.2 Å². The Bertz CT molecular complexity index is 765. The highest BCUT2D eigenvalue weighted by atomic mass is 79.9. The molecule has 124 valence electrons. The fourth-order valence-electron chi connectivity index (χ4n) is 1.81. The minimum absolute atomic E-state index is 0.0378. The number of nitrogens with zero attached hydrogens (tertiary/aromatic N) is 1. The normalized spacial score (nSPS) is 10.6. The lowest BCUT2D eigenvalue weighted by Gasteiger charge is -2.06. The van der Waals surface area contributed by atoms with Crippen LogP contribution < -0.4 is 10.7 Å². The fourth-order valence-corrected chi connectivity index (χ4v) is 2.38. The summed E-state index contributed by atoms with van der Waals surface area (Å²) < 4.78 is 0.784. The van der Waals surface area contributed by atoms with Crippen LogP contribution in [0, 0.1) is 0 Å². The highest BCUT2D eigenvalue weighted by Gasteiger charge is 2.08. The Morgan fingerprint density at radius 2 is 1.71 bits per heavy atom. The average Bonchev–Trinajstić information content (AvgIpc) is 2.57. The molecule has 0 atom stereocenters. The number of halogens is 2. The summed E-state index contributed by atoms with van der Waals surface area (Å²) >= 11 is 9.31. The van der Waals surface area contributed by atoms with E-state index in [0.29, 0.717) is 16.3 Å². The van der Waals surface area contributed by atoms with Gasteiger partial charge in [-0.3, -0.25) is 9.59 Å². The molecule has 2 aromatic rings. The number of benzene rings is 2. The van der Waals surface area contributed by atoms with Crippen LogP contribution in [0.5, 0.6) is 0 Å². The number of hydrazone groups is 1. The third-order valence-corrected chi connectivity index (χ3v) is 4.06. The van der Waals surface area contributed by atoms with Crippen LogP contribution in [0.2, 0.25) is 5.02 Å². The number of hydrogen-bond acceptors (Lipinski definition) is 3. The Hall–Kier alpha value is -2.18. The van der Waals surface area contributed by atoms with E-state index in [1.165, 1.54) is 6.21 Å². The summed E-state index contributed by atoms with van der Waals surface area (Å²) in [6.45, 7) is 0. The van der Waals surface area contributed by atoms with Crippen LogP contribution in [0.3, 0.4) is 0 Å². The molecule has 0 aliphatic carbocycles. The highest BCUT2D eigenvalue weighted by Crippen LogP contribution is 2.21. The maximum absolute atomic E-state index is 11.8. The maximum Gasteiger partial charge on any atom is 0.240 e. The predicted octanol–water partition coefficient (Wildman–Crippen LogP) is 3.97. The zero-order valence-electron chi connectivity index (χ0n) is 12.6. The second kappa shape index (κ2) is 9.20. The molecule has 0 unspecified atom stereocenters. The van der Waals surface area contributed by atoms with Crippen LogP contribution in [0.1, 0.15) is 18.4 Å². The third kappa shape index (κ3) is 5.79. The summed E-state index contributed by atoms with van der Waals surface area (Å²) in [5.41, 5.74) is 3.74. The first kappa shape index (κ1) is 18.2. The van der Waals surface area contributed by atoms with Crippen molar-refractivity contribution in [3.05, 3.63) is 63.6 Å². The highest BCUT2D eigenvalue weighted by molar-refractivity contribution is 9.10. The summed E-state index contributed by atoms with van der Waals surface area (Å²) in [5, 5.41) is 7.11. The van der Waals surface area contributed by atoms with E-state index in [9.17, 15) is 9.59 Å². The summed E-state index contributed by atoms with van der Waals surface area (Å²) in [6.07, 6.45) is 1.56. The molecule has 0 aliphatic rings. The number of hydrogen-bond donors (Lipinski definition) is 2. The van der Waals surface area contributed by atoms with Gasteiger partial charge in [0.15, 0.2) is 0 Å². The molecule has 0 bridgehead atoms. The molecular formula is C17H15BrClN3O2. The second-order valence-corrected chi connectivity index (χ2v) is 6.10. The molecule has 2 amide bonds. The van der Waals surface area contributed by atoms with Crippen molar-refractivity contribution in [3.63, 3.8) is 0 Å². The minimum atomic E-state index is -0.347. The molecule has 0 spiro atoms. The van der Waals surface area contributed by atoms with E-state index < -0.39 is 0 Å². The van der Waals surface area contributed by atoms with Gasteiger partial charge < -0.3 is 5.32 Å². The first-order valence-electron chi connectivity index (χ1n) is 7.17. The lowest BCUT2D eigenvalue weighted by atomic mass is 10.2. The van der Waals surface area contributed by atoms with Crippen LogP contribution in [0.4, 0.5) is 5.69 Å². The van der Waals surface area contributed by atoms with E-state index in [2.05, 4.69) is 31.8 Å². The second-order valence-electron chi connectivity index (χ2n) is 4.84. The molecule has 0 saturated heterocycles. The summed E-state index contributed by atoms with van der Waals surface area (Å²) in [7, 11) is 0. The molecule has 5 nitrogen and oxygen atoms in total. The largest absolute Gasteiger partial charge is 0.325 e. The molecule has 2 aromatic carbocycles. The predicted molar refractivity (Wildman–Crippen MR) is 99.2 cm³/mol. The molecule has 2 rings (SSSR count). The monoisotopic (exact) mass is 407 g/mol. The Morgan fingerprint density at radius 3 is 2.46 bits per heavy atom. The van der Waals surface area contributed by atoms with Crippen molar-refractivity contribution >= 4 is 51.2 Å². The number of nitrogens with one attached hydrogen (secondary N) is 2. The van der Waals surface area contributed by atoms with Crippen LogP contribution in [0.15, 0.2) is 58.1 Å². The van der Waals surface area contributed by atoms with E-state index in [1.807, 2.05) is 30.3 Å². The molecule has 0 saturated carbocycles. The minimum Gasteiger partial charge on any atom is -0.325 e. The first-order chi connectivity index (χ1) is 11.6. The van der Waals surface area contributed by atoms with Crippen LogP contribution in [-0.2, 0) is 9.59 Å². The Balaban J connectivity index is 1.76. The molecule has 0 fully saturated rings. The van der Waals surface area contributed by atoms with Gasteiger partial charge in [-0.2, -0.15) is 5.10 Å². The zero-order chi connectivity index (χ0) is 17.4. The summed E-state index contributed by atoms with van der Waals surface area (Å²) in [6, 6.07) is 14.4. The van der Waals surface area contributed by atoms with Crippen molar-refractivity contribution < 1.29 is 9.59 Å². The van der Waals surface area contributed by atoms with E-state index >= 15 is 0 Å². The Morgan fingerprint density at radius 1 is 1.04 bits per heavy atom. The van der Waals surface area contributed by atoms with Gasteiger partial charge in [0.25, 0.3) is 0 Å². The topological polar surface area (TPSA) is 70.6 Å². The maximum atomic E-state index is 11.8. The van der Waals surface area contributed by atoms with Crippen molar-refractivity contribution in [2.75, 3.05) is 5.32 Å². The Labute approximate surface area is 153 Å². The number of amides is 2. The molecule has 7 heteroatoms. The molecule has 0 aromatic heterocycles. The molecule has 24 heavy (non-hydrogen) atoms. The number of carbonyl (C=O) groups excluding carboxylic acids is 2. The van der Waals surface area contributed by atoms with Gasteiger partial charge >= 0.3 is 0 Å². The molecule has 0 aliphatic heterocycles. The average molecular weight is 409 g/mol. The zero-order valence-corrected chi connectivity index (χ0v) is 15.0. The molecule has 2 N–H and O–H groups in total. The molecule has 0 radical (unpaired) electrons.